The van der Waals surface area contributed by atoms with E-state index in [1.807, 2.05) is 12.1 Å². The second kappa shape index (κ2) is 20.2. The van der Waals surface area contributed by atoms with Crippen molar-refractivity contribution in [2.24, 2.45) is 5.73 Å². The van der Waals surface area contributed by atoms with Gasteiger partial charge in [-0.2, -0.15) is 0 Å². The summed E-state index contributed by atoms with van der Waals surface area (Å²) in [4.78, 5) is 82.9. The first kappa shape index (κ1) is 44.9. The molecule has 5 rings (SSSR count). The average Bonchev–Trinajstić information content (AvgIpc) is 3.23. The molecular weight excluding hydrogens is 813 g/mol. The van der Waals surface area contributed by atoms with Gasteiger partial charge in [0.25, 0.3) is 17.7 Å². The number of benzene rings is 4. The number of alkyl halides is 1. The third-order valence-electron chi connectivity index (χ3n) is 10.1. The molecule has 60 heavy (non-hydrogen) atoms. The van der Waals surface area contributed by atoms with Gasteiger partial charge < -0.3 is 36.8 Å². The van der Waals surface area contributed by atoms with Gasteiger partial charge in [0.15, 0.2) is 0 Å². The third kappa shape index (κ3) is 10.9. The Morgan fingerprint density at radius 2 is 1.47 bits per heavy atom. The molecule has 0 saturated heterocycles. The highest BCUT2D eigenvalue weighted by atomic mass is 35.5. The summed E-state index contributed by atoms with van der Waals surface area (Å²) in [7, 11) is 2.67. The number of hydrazine groups is 1. The lowest BCUT2D eigenvalue weighted by Gasteiger charge is -2.32. The number of nitrogens with one attached hydrogen (secondary N) is 4. The zero-order valence-corrected chi connectivity index (χ0v) is 34.7. The van der Waals surface area contributed by atoms with E-state index in [1.54, 1.807) is 36.4 Å². The van der Waals surface area contributed by atoms with Crippen molar-refractivity contribution < 1.29 is 39.0 Å². The van der Waals surface area contributed by atoms with Crippen LogP contribution < -0.4 is 27.1 Å². The van der Waals surface area contributed by atoms with Crippen molar-refractivity contribution in [2.45, 2.75) is 56.8 Å². The first-order valence-corrected chi connectivity index (χ1v) is 20.1. The summed E-state index contributed by atoms with van der Waals surface area (Å²) in [6.07, 6.45) is 1.07. The Labute approximate surface area is 357 Å². The van der Waals surface area contributed by atoms with Crippen LogP contribution in [0.1, 0.15) is 53.7 Å². The molecule has 6 amide bonds. The molecule has 17 heteroatoms. The van der Waals surface area contributed by atoms with E-state index in [2.05, 4.69) is 21.4 Å². The molecule has 0 aromatic heterocycles. The van der Waals surface area contributed by atoms with Gasteiger partial charge in [0.05, 0.1) is 0 Å². The number of aromatic hydroxyl groups is 2. The zero-order chi connectivity index (χ0) is 43.7. The molecule has 0 unspecified atom stereocenters. The Balaban J connectivity index is 1.49. The second-order valence-electron chi connectivity index (χ2n) is 14.4. The fourth-order valence-electron chi connectivity index (χ4n) is 6.73. The Morgan fingerprint density at radius 1 is 0.850 bits per heavy atom. The van der Waals surface area contributed by atoms with Gasteiger partial charge in [0.1, 0.15) is 41.5 Å². The average molecular weight is 861 g/mol. The molecule has 15 nitrogen and oxygen atoms in total. The number of hydrogen-bond acceptors (Lipinski definition) is 9. The Bertz CT molecular complexity index is 2240. The molecule has 4 aromatic rings. The van der Waals surface area contributed by atoms with Gasteiger partial charge in [-0.25, -0.2) is 0 Å². The van der Waals surface area contributed by atoms with Gasteiger partial charge in [0.2, 0.25) is 17.7 Å². The topological polar surface area (TPSA) is 224 Å². The molecule has 0 fully saturated rings. The van der Waals surface area contributed by atoms with E-state index in [0.29, 0.717) is 30.0 Å². The maximum atomic E-state index is 14.5. The minimum absolute atomic E-state index is 0.0999. The maximum Gasteiger partial charge on any atom is 0.261 e. The molecule has 4 atom stereocenters. The Kier molecular flexibility index (Phi) is 15.1. The molecule has 0 radical (unpaired) electrons. The molecule has 4 aromatic carbocycles. The normalized spacial score (nSPS) is 16.9. The van der Waals surface area contributed by atoms with Gasteiger partial charge in [0, 0.05) is 42.2 Å². The van der Waals surface area contributed by atoms with Gasteiger partial charge in [-0.05, 0) is 104 Å². The fourth-order valence-corrected chi connectivity index (χ4v) is 7.04. The monoisotopic (exact) mass is 859 g/mol. The number of amides is 6. The van der Waals surface area contributed by atoms with Crippen LogP contribution in [0.25, 0.3) is 22.3 Å². The molecule has 0 aliphatic carbocycles. The van der Waals surface area contributed by atoms with Crippen LogP contribution in [0.15, 0.2) is 84.9 Å². The summed E-state index contributed by atoms with van der Waals surface area (Å²) in [6, 6.07) is 17.5. The summed E-state index contributed by atoms with van der Waals surface area (Å²) >= 11 is 11.7. The number of unbranched alkanes of at least 4 members (excludes halogenated alkanes) is 1. The SMILES string of the molecule is C[C@@H]1NC(=O)[C@@H](N(C)C(=O)[C@H](CCCCN)NC(=O)c2ccc(-c3ccc(Cl)cc3)cc2)c2ccc(O)c(c2)-c2cc(ccc2O)C[C@@H](C(=O)NN(C)C(=O)CCl)NC1=O. The number of phenolic OH excluding ortho intramolecular Hbond substituents is 2. The highest BCUT2D eigenvalue weighted by molar-refractivity contribution is 6.30. The number of phenols is 2. The summed E-state index contributed by atoms with van der Waals surface area (Å²) in [5.74, 6) is -5.07. The largest absolute Gasteiger partial charge is 0.507 e. The standard InChI is InChI=1S/C43H47Cl2N7O8/c1-24-39(56)49-34(41(58)50-52(3)37(55)23-44)21-25-7-17-35(53)31(20-25)32-22-29(14-18-36(32)54)38(42(59)47-24)51(2)43(60)33(6-4-5-19-46)48-40(57)28-10-8-26(9-11-28)27-12-15-30(45)16-13-27/h7-18,20,22,24,33-34,38,53-54H,4-6,19,21,23,46H2,1-3H3,(H,47,59)(H,48,57)(H,49,56)(H,50,58)/t24-,33-,34-,38-/m0/s1. The van der Waals surface area contributed by atoms with Crippen LogP contribution in [-0.2, 0) is 30.4 Å². The van der Waals surface area contributed by atoms with E-state index < -0.39 is 65.5 Å². The minimum atomic E-state index is -1.44. The highest BCUT2D eigenvalue weighted by Crippen LogP contribution is 2.39. The lowest BCUT2D eigenvalue weighted by molar-refractivity contribution is -0.142. The molecule has 0 spiro atoms. The van der Waals surface area contributed by atoms with Crippen molar-refractivity contribution in [3.63, 3.8) is 0 Å². The van der Waals surface area contributed by atoms with Gasteiger partial charge >= 0.3 is 0 Å². The molecule has 0 saturated carbocycles. The molecular formula is C43H47Cl2N7O8. The summed E-state index contributed by atoms with van der Waals surface area (Å²) in [6.45, 7) is 1.74. The van der Waals surface area contributed by atoms with Crippen LogP contribution in [0.2, 0.25) is 5.02 Å². The number of nitrogens with zero attached hydrogens (tertiary/aromatic N) is 2. The second-order valence-corrected chi connectivity index (χ2v) is 15.1. The Morgan fingerprint density at radius 3 is 2.10 bits per heavy atom. The van der Waals surface area contributed by atoms with Crippen LogP contribution >= 0.6 is 23.2 Å². The van der Waals surface area contributed by atoms with E-state index in [-0.39, 0.29) is 46.6 Å². The first-order valence-electron chi connectivity index (χ1n) is 19.1. The van der Waals surface area contributed by atoms with E-state index in [4.69, 9.17) is 28.9 Å². The predicted octanol–water partition coefficient (Wildman–Crippen LogP) is 3.79. The number of rotatable bonds is 11. The fraction of sp³-hybridized carbons (Fsp3) is 0.302. The van der Waals surface area contributed by atoms with Crippen LogP contribution in [0, 0.1) is 0 Å². The van der Waals surface area contributed by atoms with Crippen molar-refractivity contribution in [1.29, 1.82) is 0 Å². The number of carbonyl (C=O) groups is 6. The van der Waals surface area contributed by atoms with Crippen molar-refractivity contribution in [3.8, 4) is 33.8 Å². The quantitative estimate of drug-likeness (QED) is 0.0662. The summed E-state index contributed by atoms with van der Waals surface area (Å²) in [5, 5.41) is 31.7. The number of likely N-dealkylation sites (N-methyl/N-ethyl adjacent to an activating group) is 1. The van der Waals surface area contributed by atoms with Gasteiger partial charge in [-0.3, -0.25) is 39.2 Å². The summed E-state index contributed by atoms with van der Waals surface area (Å²) < 4.78 is 0. The van der Waals surface area contributed by atoms with E-state index in [0.717, 1.165) is 21.0 Å². The molecule has 1 aliphatic rings. The number of fused-ring (bicyclic) bond motifs is 5. The van der Waals surface area contributed by atoms with Gasteiger partial charge in [-0.1, -0.05) is 48.0 Å². The van der Waals surface area contributed by atoms with Crippen LogP contribution in [0.5, 0.6) is 11.5 Å². The minimum Gasteiger partial charge on any atom is -0.507 e. The highest BCUT2D eigenvalue weighted by Gasteiger charge is 2.36. The van der Waals surface area contributed by atoms with E-state index in [9.17, 15) is 39.0 Å². The number of carbonyl (C=O) groups excluding carboxylic acids is 6. The molecule has 1 heterocycles. The lowest BCUT2D eigenvalue weighted by Crippen LogP contribution is -2.57. The number of hydrogen-bond donors (Lipinski definition) is 7. The number of nitrogens with two attached hydrogens (primary N) is 1. The first-order chi connectivity index (χ1) is 28.6. The van der Waals surface area contributed by atoms with Crippen molar-refractivity contribution in [1.82, 2.24) is 31.3 Å². The van der Waals surface area contributed by atoms with E-state index >= 15 is 0 Å². The van der Waals surface area contributed by atoms with Crippen LogP contribution in [-0.4, -0.2) is 100 Å². The Hall–Kier alpha value is -6.16. The third-order valence-corrected chi connectivity index (χ3v) is 10.6. The van der Waals surface area contributed by atoms with Crippen molar-refractivity contribution >= 4 is 58.6 Å². The van der Waals surface area contributed by atoms with Crippen LogP contribution in [0.3, 0.4) is 0 Å². The zero-order valence-electron chi connectivity index (χ0n) is 33.2. The van der Waals surface area contributed by atoms with Crippen molar-refractivity contribution in [3.05, 3.63) is 107 Å². The van der Waals surface area contributed by atoms with E-state index in [1.165, 1.54) is 57.4 Å². The van der Waals surface area contributed by atoms with Gasteiger partial charge in [-0.15, -0.1) is 11.6 Å². The molecule has 316 valence electrons. The molecule has 8 N–H and O–H groups in total. The predicted molar refractivity (Wildman–Crippen MR) is 227 cm³/mol. The molecule has 1 aliphatic heterocycles. The number of halogens is 2. The smallest absolute Gasteiger partial charge is 0.261 e. The lowest BCUT2D eigenvalue weighted by atomic mass is 9.93. The molecule has 4 bridgehead atoms. The van der Waals surface area contributed by atoms with Crippen molar-refractivity contribution in [2.75, 3.05) is 26.5 Å². The maximum absolute atomic E-state index is 14.5. The summed E-state index contributed by atoms with van der Waals surface area (Å²) in [5.41, 5.74) is 11.1. The van der Waals surface area contributed by atoms with Crippen LogP contribution in [0.4, 0.5) is 0 Å².